The van der Waals surface area contributed by atoms with Crippen LogP contribution >= 0.6 is 24.0 Å². The summed E-state index contributed by atoms with van der Waals surface area (Å²) in [5.74, 6) is 1.21. The molecule has 1 aliphatic rings. The topological polar surface area (TPSA) is 39.7 Å². The van der Waals surface area contributed by atoms with Gasteiger partial charge in [-0.3, -0.25) is 4.99 Å². The van der Waals surface area contributed by atoms with Gasteiger partial charge in [-0.05, 0) is 36.9 Å². The third kappa shape index (κ3) is 7.30. The molecule has 1 saturated heterocycles. The molecule has 2 aromatic carbocycles. The first-order valence-corrected chi connectivity index (χ1v) is 10.6. The van der Waals surface area contributed by atoms with Crippen molar-refractivity contribution in [2.24, 2.45) is 4.99 Å². The Hall–Kier alpha value is -1.60. The van der Waals surface area contributed by atoms with E-state index in [0.29, 0.717) is 12.0 Å². The Balaban J connectivity index is 0.00000300. The Kier molecular flexibility index (Phi) is 10.5. The summed E-state index contributed by atoms with van der Waals surface area (Å²) in [6, 6.07) is 21.9. The third-order valence-electron chi connectivity index (χ3n) is 5.57. The Morgan fingerprint density at radius 2 is 1.55 bits per heavy atom. The molecule has 0 aromatic heterocycles. The highest BCUT2D eigenvalue weighted by Gasteiger charge is 2.20. The minimum Gasteiger partial charge on any atom is -0.355 e. The van der Waals surface area contributed by atoms with Crippen LogP contribution in [0.5, 0.6) is 0 Å². The molecule has 4 nitrogen and oxygen atoms in total. The van der Waals surface area contributed by atoms with Crippen molar-refractivity contribution in [3.8, 4) is 0 Å². The number of rotatable bonds is 7. The Morgan fingerprint density at radius 3 is 2.03 bits per heavy atom. The SMILES string of the molecule is CCCN1CCC(NC(=NC)NCC(c2ccccc2)c2ccccc2)CC1.I. The number of halogens is 1. The monoisotopic (exact) mass is 506 g/mol. The van der Waals surface area contributed by atoms with Crippen LogP contribution in [-0.2, 0) is 0 Å². The number of nitrogens with zero attached hydrogens (tertiary/aromatic N) is 2. The van der Waals surface area contributed by atoms with Crippen LogP contribution in [0.3, 0.4) is 0 Å². The van der Waals surface area contributed by atoms with Gasteiger partial charge in [-0.15, -0.1) is 24.0 Å². The molecule has 2 aromatic rings. The first-order valence-electron chi connectivity index (χ1n) is 10.6. The van der Waals surface area contributed by atoms with Gasteiger partial charge in [-0.2, -0.15) is 0 Å². The first-order chi connectivity index (χ1) is 13.8. The Labute approximate surface area is 193 Å². The molecule has 0 aliphatic carbocycles. The van der Waals surface area contributed by atoms with Crippen molar-refractivity contribution in [2.75, 3.05) is 33.2 Å². The predicted octanol–water partition coefficient (Wildman–Crippen LogP) is 4.48. The number of hydrogen-bond donors (Lipinski definition) is 2. The van der Waals surface area contributed by atoms with Crippen LogP contribution in [0.1, 0.15) is 43.2 Å². The maximum atomic E-state index is 4.48. The molecule has 1 aliphatic heterocycles. The quantitative estimate of drug-likeness (QED) is 0.331. The molecule has 0 spiro atoms. The number of nitrogens with one attached hydrogen (secondary N) is 2. The number of hydrogen-bond acceptors (Lipinski definition) is 2. The molecule has 0 saturated carbocycles. The molecule has 3 rings (SSSR count). The van der Waals surface area contributed by atoms with Gasteiger partial charge in [-0.1, -0.05) is 67.6 Å². The van der Waals surface area contributed by atoms with Crippen molar-refractivity contribution in [1.82, 2.24) is 15.5 Å². The van der Waals surface area contributed by atoms with Crippen molar-refractivity contribution in [2.45, 2.75) is 38.1 Å². The molecule has 0 atom stereocenters. The maximum Gasteiger partial charge on any atom is 0.191 e. The summed E-state index contributed by atoms with van der Waals surface area (Å²) in [6.45, 7) is 6.65. The lowest BCUT2D eigenvalue weighted by molar-refractivity contribution is 0.206. The highest BCUT2D eigenvalue weighted by molar-refractivity contribution is 14.0. The minimum atomic E-state index is 0. The highest BCUT2D eigenvalue weighted by atomic mass is 127. The zero-order valence-electron chi connectivity index (χ0n) is 17.7. The van der Waals surface area contributed by atoms with E-state index in [9.17, 15) is 0 Å². The Morgan fingerprint density at radius 1 is 1.00 bits per heavy atom. The smallest absolute Gasteiger partial charge is 0.191 e. The second-order valence-electron chi connectivity index (χ2n) is 7.59. The summed E-state index contributed by atoms with van der Waals surface area (Å²) in [5.41, 5.74) is 2.65. The van der Waals surface area contributed by atoms with E-state index in [4.69, 9.17) is 0 Å². The molecule has 0 amide bonds. The van der Waals surface area contributed by atoms with E-state index in [2.05, 4.69) is 88.1 Å². The fourth-order valence-corrected chi connectivity index (χ4v) is 4.00. The fourth-order valence-electron chi connectivity index (χ4n) is 4.00. The van der Waals surface area contributed by atoms with Crippen LogP contribution in [-0.4, -0.2) is 50.1 Å². The normalized spacial score (nSPS) is 15.8. The lowest BCUT2D eigenvalue weighted by Gasteiger charge is -2.33. The summed E-state index contributed by atoms with van der Waals surface area (Å²) in [5, 5.41) is 7.21. The van der Waals surface area contributed by atoms with E-state index >= 15 is 0 Å². The average Bonchev–Trinajstić information content (AvgIpc) is 2.76. The fraction of sp³-hybridized carbons (Fsp3) is 0.458. The molecule has 1 fully saturated rings. The molecular weight excluding hydrogens is 471 g/mol. The minimum absolute atomic E-state index is 0. The van der Waals surface area contributed by atoms with E-state index in [0.717, 1.165) is 12.5 Å². The van der Waals surface area contributed by atoms with E-state index in [1.165, 1.54) is 50.0 Å². The van der Waals surface area contributed by atoms with Crippen LogP contribution in [0.4, 0.5) is 0 Å². The van der Waals surface area contributed by atoms with Crippen molar-refractivity contribution in [1.29, 1.82) is 0 Å². The van der Waals surface area contributed by atoms with Crippen LogP contribution in [0.25, 0.3) is 0 Å². The number of aliphatic imine (C=N–C) groups is 1. The molecule has 29 heavy (non-hydrogen) atoms. The van der Waals surface area contributed by atoms with Crippen molar-refractivity contribution >= 4 is 29.9 Å². The predicted molar refractivity (Wildman–Crippen MR) is 134 cm³/mol. The van der Waals surface area contributed by atoms with Crippen LogP contribution < -0.4 is 10.6 Å². The van der Waals surface area contributed by atoms with Crippen molar-refractivity contribution in [3.63, 3.8) is 0 Å². The van der Waals surface area contributed by atoms with Gasteiger partial charge in [0.2, 0.25) is 0 Å². The van der Waals surface area contributed by atoms with Gasteiger partial charge in [0.05, 0.1) is 0 Å². The zero-order chi connectivity index (χ0) is 19.6. The van der Waals surface area contributed by atoms with Crippen LogP contribution in [0, 0.1) is 0 Å². The number of benzene rings is 2. The lowest BCUT2D eigenvalue weighted by atomic mass is 9.91. The van der Waals surface area contributed by atoms with Gasteiger partial charge in [0, 0.05) is 38.6 Å². The third-order valence-corrected chi connectivity index (χ3v) is 5.57. The molecular formula is C24H35IN4. The summed E-state index contributed by atoms with van der Waals surface area (Å²) >= 11 is 0. The van der Waals surface area contributed by atoms with Gasteiger partial charge in [0.25, 0.3) is 0 Å². The summed E-state index contributed by atoms with van der Waals surface area (Å²) in [6.07, 6.45) is 3.60. The zero-order valence-corrected chi connectivity index (χ0v) is 20.0. The van der Waals surface area contributed by atoms with E-state index in [-0.39, 0.29) is 24.0 Å². The maximum absolute atomic E-state index is 4.48. The molecule has 0 radical (unpaired) electrons. The lowest BCUT2D eigenvalue weighted by Crippen LogP contribution is -2.49. The van der Waals surface area contributed by atoms with Crippen molar-refractivity contribution in [3.05, 3.63) is 71.8 Å². The first kappa shape index (κ1) is 23.7. The van der Waals surface area contributed by atoms with Crippen LogP contribution in [0.2, 0.25) is 0 Å². The molecule has 5 heteroatoms. The van der Waals surface area contributed by atoms with Crippen molar-refractivity contribution < 1.29 is 0 Å². The van der Waals surface area contributed by atoms with Crippen LogP contribution in [0.15, 0.2) is 65.7 Å². The second kappa shape index (κ2) is 12.9. The van der Waals surface area contributed by atoms with Gasteiger partial charge in [-0.25, -0.2) is 0 Å². The average molecular weight is 506 g/mol. The number of likely N-dealkylation sites (tertiary alicyclic amines) is 1. The molecule has 2 N–H and O–H groups in total. The molecule has 0 unspecified atom stereocenters. The van der Waals surface area contributed by atoms with E-state index in [1.807, 2.05) is 7.05 Å². The highest BCUT2D eigenvalue weighted by Crippen LogP contribution is 2.23. The summed E-state index contributed by atoms with van der Waals surface area (Å²) in [4.78, 5) is 7.04. The largest absolute Gasteiger partial charge is 0.355 e. The summed E-state index contributed by atoms with van der Waals surface area (Å²) < 4.78 is 0. The molecule has 0 bridgehead atoms. The summed E-state index contributed by atoms with van der Waals surface area (Å²) in [7, 11) is 1.86. The Bertz CT molecular complexity index is 673. The second-order valence-corrected chi connectivity index (χ2v) is 7.59. The van der Waals surface area contributed by atoms with E-state index in [1.54, 1.807) is 0 Å². The van der Waals surface area contributed by atoms with Gasteiger partial charge < -0.3 is 15.5 Å². The van der Waals surface area contributed by atoms with Gasteiger partial charge in [0.1, 0.15) is 0 Å². The number of guanidine groups is 1. The number of piperidine rings is 1. The molecule has 158 valence electrons. The standard InChI is InChI=1S/C24H34N4.HI/c1-3-16-28-17-14-22(15-18-28)27-24(25-2)26-19-23(20-10-6-4-7-11-20)21-12-8-5-9-13-21;/h4-13,22-23H,3,14-19H2,1-2H3,(H2,25,26,27);1H. The van der Waals surface area contributed by atoms with Gasteiger partial charge in [0.15, 0.2) is 5.96 Å². The molecule has 1 heterocycles. The van der Waals surface area contributed by atoms with Gasteiger partial charge >= 0.3 is 0 Å². The van der Waals surface area contributed by atoms with E-state index < -0.39 is 0 Å².